The van der Waals surface area contributed by atoms with E-state index in [0.29, 0.717) is 21.4 Å². The zero-order valence-corrected chi connectivity index (χ0v) is 14.9. The number of carbonyl (C=O) groups excluding carboxylic acids is 1. The number of thiophene rings is 1. The molecule has 126 valence electrons. The predicted molar refractivity (Wildman–Crippen MR) is 99.3 cm³/mol. The van der Waals surface area contributed by atoms with E-state index in [1.807, 2.05) is 19.1 Å². The second kappa shape index (κ2) is 6.34. The van der Waals surface area contributed by atoms with Crippen molar-refractivity contribution in [3.8, 4) is 0 Å². The van der Waals surface area contributed by atoms with Crippen LogP contribution in [-0.2, 0) is 17.8 Å². The Kier molecular flexibility index (Phi) is 4.02. The maximum Gasteiger partial charge on any atom is 0.262 e. The number of anilines is 1. The van der Waals surface area contributed by atoms with Crippen LogP contribution in [0.2, 0.25) is 0 Å². The van der Waals surface area contributed by atoms with E-state index in [1.54, 1.807) is 12.1 Å². The highest BCUT2D eigenvalue weighted by atomic mass is 32.1. The van der Waals surface area contributed by atoms with E-state index in [2.05, 4.69) is 19.0 Å². The molecule has 0 fully saturated rings. The second-order valence-electron chi connectivity index (χ2n) is 5.45. The van der Waals surface area contributed by atoms with Crippen LogP contribution in [0.3, 0.4) is 0 Å². The first-order valence-corrected chi connectivity index (χ1v) is 9.19. The van der Waals surface area contributed by atoms with Gasteiger partial charge in [0, 0.05) is 4.88 Å². The molecule has 1 N–H and O–H groups in total. The van der Waals surface area contributed by atoms with Crippen LogP contribution >= 0.6 is 23.1 Å². The van der Waals surface area contributed by atoms with Gasteiger partial charge in [-0.3, -0.25) is 14.2 Å². The molecule has 0 aliphatic rings. The molecule has 0 unspecified atom stereocenters. The van der Waals surface area contributed by atoms with Crippen LogP contribution in [-0.4, -0.2) is 24.2 Å². The average molecular weight is 371 g/mol. The van der Waals surface area contributed by atoms with Gasteiger partial charge in [-0.2, -0.15) is 8.75 Å². The fourth-order valence-corrected chi connectivity index (χ4v) is 4.02. The van der Waals surface area contributed by atoms with Gasteiger partial charge in [-0.25, -0.2) is 4.98 Å². The van der Waals surface area contributed by atoms with E-state index in [1.165, 1.54) is 22.2 Å². The third kappa shape index (κ3) is 2.92. The third-order valence-corrected chi connectivity index (χ3v) is 5.52. The molecule has 3 heterocycles. The van der Waals surface area contributed by atoms with Gasteiger partial charge in [0.15, 0.2) is 0 Å². The lowest BCUT2D eigenvalue weighted by Crippen LogP contribution is -2.27. The highest BCUT2D eigenvalue weighted by molar-refractivity contribution is 7.18. The van der Waals surface area contributed by atoms with Gasteiger partial charge < -0.3 is 5.32 Å². The molecule has 25 heavy (non-hydrogen) atoms. The second-order valence-corrected chi connectivity index (χ2v) is 7.09. The summed E-state index contributed by atoms with van der Waals surface area (Å²) < 4.78 is 9.65. The summed E-state index contributed by atoms with van der Waals surface area (Å²) in [6.07, 6.45) is 2.28. The summed E-state index contributed by atoms with van der Waals surface area (Å²) in [7, 11) is 0. The van der Waals surface area contributed by atoms with Crippen molar-refractivity contribution in [1.82, 2.24) is 18.3 Å². The lowest BCUT2D eigenvalue weighted by atomic mass is 10.2. The van der Waals surface area contributed by atoms with Crippen LogP contribution in [0.1, 0.15) is 11.8 Å². The van der Waals surface area contributed by atoms with Gasteiger partial charge in [-0.15, -0.1) is 11.3 Å². The Balaban J connectivity index is 1.60. The van der Waals surface area contributed by atoms with Crippen molar-refractivity contribution in [2.75, 3.05) is 5.32 Å². The lowest BCUT2D eigenvalue weighted by Gasteiger charge is -2.07. The number of benzene rings is 1. The summed E-state index contributed by atoms with van der Waals surface area (Å²) in [5.74, 6) is -0.310. The van der Waals surface area contributed by atoms with Crippen LogP contribution in [0.4, 0.5) is 5.69 Å². The zero-order valence-electron chi connectivity index (χ0n) is 13.2. The van der Waals surface area contributed by atoms with E-state index in [9.17, 15) is 9.59 Å². The van der Waals surface area contributed by atoms with Crippen molar-refractivity contribution >= 4 is 55.9 Å². The first-order chi connectivity index (χ1) is 12.2. The van der Waals surface area contributed by atoms with Gasteiger partial charge in [0.05, 0.1) is 29.1 Å². The normalized spacial score (nSPS) is 11.2. The minimum Gasteiger partial charge on any atom is -0.323 e. The number of nitrogens with zero attached hydrogens (tertiary/aromatic N) is 4. The van der Waals surface area contributed by atoms with Crippen molar-refractivity contribution in [1.29, 1.82) is 0 Å². The smallest absolute Gasteiger partial charge is 0.262 e. The Hall–Kier alpha value is -2.65. The number of aromatic nitrogens is 4. The van der Waals surface area contributed by atoms with Crippen LogP contribution in [0, 0.1) is 0 Å². The van der Waals surface area contributed by atoms with Gasteiger partial charge in [-0.1, -0.05) is 13.0 Å². The van der Waals surface area contributed by atoms with Crippen molar-refractivity contribution in [2.45, 2.75) is 19.9 Å². The van der Waals surface area contributed by atoms with Crippen molar-refractivity contribution in [3.05, 3.63) is 45.8 Å². The fraction of sp³-hybridized carbons (Fsp3) is 0.188. The van der Waals surface area contributed by atoms with E-state index >= 15 is 0 Å². The minimum absolute atomic E-state index is 0.104. The average Bonchev–Trinajstić information content (AvgIpc) is 3.24. The Bertz CT molecular complexity index is 1140. The molecule has 0 radical (unpaired) electrons. The summed E-state index contributed by atoms with van der Waals surface area (Å²) >= 11 is 2.60. The molecule has 4 rings (SSSR count). The van der Waals surface area contributed by atoms with Crippen molar-refractivity contribution in [3.63, 3.8) is 0 Å². The Labute approximate surface area is 150 Å². The highest BCUT2D eigenvalue weighted by Crippen LogP contribution is 2.22. The molecule has 7 nitrogen and oxygen atoms in total. The van der Waals surface area contributed by atoms with E-state index in [-0.39, 0.29) is 18.0 Å². The minimum atomic E-state index is -0.310. The Morgan fingerprint density at radius 3 is 3.04 bits per heavy atom. The molecular weight excluding hydrogens is 358 g/mol. The molecule has 0 spiro atoms. The molecule has 0 saturated carbocycles. The topological polar surface area (TPSA) is 89.8 Å². The van der Waals surface area contributed by atoms with E-state index in [4.69, 9.17) is 0 Å². The molecule has 4 aromatic rings. The molecule has 0 aliphatic heterocycles. The van der Waals surface area contributed by atoms with Crippen molar-refractivity contribution in [2.24, 2.45) is 0 Å². The molecule has 0 aliphatic carbocycles. The van der Waals surface area contributed by atoms with Crippen LogP contribution in [0.25, 0.3) is 21.3 Å². The van der Waals surface area contributed by atoms with Gasteiger partial charge in [0.25, 0.3) is 5.56 Å². The number of rotatable bonds is 4. The molecule has 0 atom stereocenters. The maximum atomic E-state index is 12.5. The fourth-order valence-electron chi connectivity index (χ4n) is 2.55. The SMILES string of the molecule is CCc1cc2c(=O)n(CC(=O)Nc3cccc4nsnc34)cnc2s1. The summed E-state index contributed by atoms with van der Waals surface area (Å²) in [6.45, 7) is 1.93. The Morgan fingerprint density at radius 2 is 2.20 bits per heavy atom. The van der Waals surface area contributed by atoms with Crippen molar-refractivity contribution < 1.29 is 4.79 Å². The van der Waals surface area contributed by atoms with Crippen LogP contribution in [0.15, 0.2) is 35.4 Å². The molecule has 9 heteroatoms. The quantitative estimate of drug-likeness (QED) is 0.596. The number of fused-ring (bicyclic) bond motifs is 2. The monoisotopic (exact) mass is 371 g/mol. The zero-order chi connectivity index (χ0) is 17.4. The molecular formula is C16H13N5O2S2. The van der Waals surface area contributed by atoms with Gasteiger partial charge >= 0.3 is 0 Å². The predicted octanol–water partition coefficient (Wildman–Crippen LogP) is 2.66. The molecule has 0 bridgehead atoms. The van der Waals surface area contributed by atoms with Crippen LogP contribution < -0.4 is 10.9 Å². The molecule has 3 aromatic heterocycles. The number of nitrogens with one attached hydrogen (secondary N) is 1. The van der Waals surface area contributed by atoms with Gasteiger partial charge in [-0.05, 0) is 24.6 Å². The summed E-state index contributed by atoms with van der Waals surface area (Å²) in [5.41, 5.74) is 1.76. The largest absolute Gasteiger partial charge is 0.323 e. The van der Waals surface area contributed by atoms with E-state index < -0.39 is 0 Å². The first kappa shape index (κ1) is 15.9. The molecule has 0 saturated heterocycles. The van der Waals surface area contributed by atoms with Gasteiger partial charge in [0.1, 0.15) is 22.4 Å². The molecule has 1 aromatic carbocycles. The number of amides is 1. The standard InChI is InChI=1S/C16H13N5O2S2/c1-2-9-6-10-15(24-9)17-8-21(16(10)23)7-13(22)18-11-4-3-5-12-14(11)20-25-19-12/h3-6,8H,2,7H2,1H3,(H,18,22). The molecule has 1 amide bonds. The van der Waals surface area contributed by atoms with Crippen LogP contribution in [0.5, 0.6) is 0 Å². The first-order valence-electron chi connectivity index (χ1n) is 7.64. The number of hydrogen-bond acceptors (Lipinski definition) is 7. The summed E-state index contributed by atoms with van der Waals surface area (Å²) in [5, 5.41) is 3.35. The summed E-state index contributed by atoms with van der Waals surface area (Å²) in [4.78, 5) is 31.0. The Morgan fingerprint density at radius 1 is 1.32 bits per heavy atom. The maximum absolute atomic E-state index is 12.5. The number of aryl methyl sites for hydroxylation is 1. The summed E-state index contributed by atoms with van der Waals surface area (Å²) in [6, 6.07) is 7.25. The lowest BCUT2D eigenvalue weighted by molar-refractivity contribution is -0.116. The van der Waals surface area contributed by atoms with E-state index in [0.717, 1.165) is 28.5 Å². The number of carbonyl (C=O) groups is 1. The highest BCUT2D eigenvalue weighted by Gasteiger charge is 2.12. The van der Waals surface area contributed by atoms with Gasteiger partial charge in [0.2, 0.25) is 5.91 Å². The number of hydrogen-bond donors (Lipinski definition) is 1. The third-order valence-electron chi connectivity index (χ3n) is 3.79.